The minimum Gasteiger partial charge on any atom is -0.460 e. The number of aryl methyl sites for hydroxylation is 1. The van der Waals surface area contributed by atoms with Crippen molar-refractivity contribution in [2.75, 3.05) is 44.7 Å². The Hall–Kier alpha value is -4.16. The SMILES string of the molecule is CCCNc1ccc2c(c1)c(=O)n(-c1ccc(C[C@H](NC(=O)c3c(Cl)cccc3Cl)C(=O)OC(C)CN3CCOCC3)cc1)c(=O)n2C. The molecule has 1 saturated heterocycles. The Morgan fingerprint density at radius 2 is 1.69 bits per heavy atom. The average Bonchev–Trinajstić information content (AvgIpc) is 3.07. The Labute approximate surface area is 288 Å². The lowest BCUT2D eigenvalue weighted by molar-refractivity contribution is -0.151. The molecular formula is C35H39Cl2N5O6. The largest absolute Gasteiger partial charge is 0.460 e. The number of nitrogens with one attached hydrogen (secondary N) is 2. The first-order valence-corrected chi connectivity index (χ1v) is 16.7. The normalized spacial score (nSPS) is 14.8. The number of hydrogen-bond donors (Lipinski definition) is 2. The standard InChI is InChI=1S/C35H39Cl2N5O6/c1-4-14-38-24-10-13-30-26(20-24)33(44)42(35(46)40(30)3)25-11-8-23(9-12-25)19-29(39-32(43)31-27(36)6-5-7-28(31)37)34(45)48-22(2)21-41-15-17-47-18-16-41/h5-13,20,22,29,38H,4,14-19,21H2,1-3H3,(H,39,43)/t22?,29-/m0/s1. The van der Waals surface area contributed by atoms with Gasteiger partial charge < -0.3 is 20.1 Å². The third kappa shape index (κ3) is 8.10. The van der Waals surface area contributed by atoms with Crippen LogP contribution in [0.2, 0.25) is 10.0 Å². The molecule has 4 aromatic rings. The number of carbonyl (C=O) groups is 2. The van der Waals surface area contributed by atoms with E-state index in [0.717, 1.165) is 36.3 Å². The van der Waals surface area contributed by atoms with Gasteiger partial charge in [-0.3, -0.25) is 19.1 Å². The molecule has 3 aromatic carbocycles. The summed E-state index contributed by atoms with van der Waals surface area (Å²) in [6.45, 7) is 7.82. The Morgan fingerprint density at radius 3 is 2.35 bits per heavy atom. The van der Waals surface area contributed by atoms with Crippen LogP contribution in [-0.4, -0.2) is 77.4 Å². The van der Waals surface area contributed by atoms with Crippen molar-refractivity contribution in [1.29, 1.82) is 0 Å². The molecule has 0 radical (unpaired) electrons. The Bertz CT molecular complexity index is 1880. The summed E-state index contributed by atoms with van der Waals surface area (Å²) < 4.78 is 13.8. The molecule has 254 valence electrons. The lowest BCUT2D eigenvalue weighted by Gasteiger charge is -2.29. The van der Waals surface area contributed by atoms with Crippen LogP contribution in [0.25, 0.3) is 16.6 Å². The molecule has 1 amide bonds. The number of rotatable bonds is 12. The van der Waals surface area contributed by atoms with Gasteiger partial charge in [-0.15, -0.1) is 0 Å². The second-order valence-electron chi connectivity index (χ2n) is 11.8. The first-order chi connectivity index (χ1) is 23.1. The highest BCUT2D eigenvalue weighted by atomic mass is 35.5. The van der Waals surface area contributed by atoms with Crippen molar-refractivity contribution >= 4 is 51.7 Å². The summed E-state index contributed by atoms with van der Waals surface area (Å²) in [6.07, 6.45) is 0.537. The van der Waals surface area contributed by atoms with Crippen molar-refractivity contribution in [1.82, 2.24) is 19.4 Å². The molecule has 1 fully saturated rings. The van der Waals surface area contributed by atoms with Gasteiger partial charge in [-0.25, -0.2) is 14.2 Å². The van der Waals surface area contributed by atoms with Gasteiger partial charge in [0, 0.05) is 45.3 Å². The quantitative estimate of drug-likeness (QED) is 0.209. The molecule has 2 atom stereocenters. The Morgan fingerprint density at radius 1 is 1.00 bits per heavy atom. The maximum absolute atomic E-state index is 13.6. The number of ether oxygens (including phenoxy) is 2. The summed E-state index contributed by atoms with van der Waals surface area (Å²) in [5, 5.41) is 6.72. The molecule has 13 heteroatoms. The van der Waals surface area contributed by atoms with Crippen LogP contribution < -0.4 is 21.9 Å². The fourth-order valence-electron chi connectivity index (χ4n) is 5.69. The van der Waals surface area contributed by atoms with Crippen LogP contribution >= 0.6 is 23.2 Å². The van der Waals surface area contributed by atoms with E-state index < -0.39 is 35.3 Å². The maximum atomic E-state index is 13.6. The topological polar surface area (TPSA) is 124 Å². The number of aromatic nitrogens is 2. The fraction of sp³-hybridized carbons (Fsp3) is 0.371. The van der Waals surface area contributed by atoms with Gasteiger partial charge in [-0.1, -0.05) is 48.3 Å². The summed E-state index contributed by atoms with van der Waals surface area (Å²) in [5.41, 5.74) is 1.45. The number of anilines is 1. The predicted molar refractivity (Wildman–Crippen MR) is 188 cm³/mol. The molecule has 1 aromatic heterocycles. The lowest BCUT2D eigenvalue weighted by atomic mass is 10.0. The van der Waals surface area contributed by atoms with Gasteiger partial charge in [0.1, 0.15) is 12.1 Å². The number of halogens is 2. The van der Waals surface area contributed by atoms with E-state index >= 15 is 0 Å². The minimum absolute atomic E-state index is 0.0509. The summed E-state index contributed by atoms with van der Waals surface area (Å²) >= 11 is 12.6. The van der Waals surface area contributed by atoms with Gasteiger partial charge in [0.2, 0.25) is 0 Å². The van der Waals surface area contributed by atoms with E-state index in [-0.39, 0.29) is 22.0 Å². The van der Waals surface area contributed by atoms with Gasteiger partial charge >= 0.3 is 11.7 Å². The van der Waals surface area contributed by atoms with Crippen LogP contribution in [0.4, 0.5) is 5.69 Å². The molecule has 0 spiro atoms. The molecule has 1 unspecified atom stereocenters. The van der Waals surface area contributed by atoms with E-state index in [9.17, 15) is 19.2 Å². The summed E-state index contributed by atoms with van der Waals surface area (Å²) in [5.74, 6) is -1.24. The summed E-state index contributed by atoms with van der Waals surface area (Å²) in [6, 6.07) is 15.7. The number of carbonyl (C=O) groups excluding carboxylic acids is 2. The molecule has 1 aliphatic heterocycles. The third-order valence-electron chi connectivity index (χ3n) is 8.20. The number of esters is 1. The van der Waals surface area contributed by atoms with Crippen molar-refractivity contribution < 1.29 is 19.1 Å². The Kier molecular flexibility index (Phi) is 11.6. The number of hydrogen-bond acceptors (Lipinski definition) is 8. The van der Waals surface area contributed by atoms with Gasteiger partial charge in [-0.2, -0.15) is 0 Å². The van der Waals surface area contributed by atoms with Gasteiger partial charge in [0.05, 0.1) is 45.4 Å². The Balaban J connectivity index is 1.41. The third-order valence-corrected chi connectivity index (χ3v) is 8.83. The lowest BCUT2D eigenvalue weighted by Crippen LogP contribution is -2.46. The molecule has 0 bridgehead atoms. The van der Waals surface area contributed by atoms with Crippen molar-refractivity contribution in [3.8, 4) is 5.69 Å². The summed E-state index contributed by atoms with van der Waals surface area (Å²) in [7, 11) is 1.62. The summed E-state index contributed by atoms with van der Waals surface area (Å²) in [4.78, 5) is 56.0. The van der Waals surface area contributed by atoms with Crippen LogP contribution in [0, 0.1) is 0 Å². The number of benzene rings is 3. The zero-order valence-electron chi connectivity index (χ0n) is 27.1. The molecule has 2 N–H and O–H groups in total. The van der Waals surface area contributed by atoms with E-state index in [4.69, 9.17) is 32.7 Å². The van der Waals surface area contributed by atoms with Gasteiger partial charge in [0.25, 0.3) is 11.5 Å². The van der Waals surface area contributed by atoms with Crippen molar-refractivity contribution in [3.63, 3.8) is 0 Å². The number of amides is 1. The van der Waals surface area contributed by atoms with Crippen LogP contribution in [0.3, 0.4) is 0 Å². The van der Waals surface area contributed by atoms with Crippen LogP contribution in [0.1, 0.15) is 36.2 Å². The molecule has 5 rings (SSSR count). The fourth-order valence-corrected chi connectivity index (χ4v) is 6.26. The van der Waals surface area contributed by atoms with E-state index in [0.29, 0.717) is 41.9 Å². The highest BCUT2D eigenvalue weighted by Crippen LogP contribution is 2.24. The van der Waals surface area contributed by atoms with Crippen molar-refractivity contribution in [2.24, 2.45) is 7.05 Å². The monoisotopic (exact) mass is 695 g/mol. The predicted octanol–water partition coefficient (Wildman–Crippen LogP) is 4.42. The first-order valence-electron chi connectivity index (χ1n) is 15.9. The molecule has 0 saturated carbocycles. The van der Waals surface area contributed by atoms with Crippen molar-refractivity contribution in [2.45, 2.75) is 38.8 Å². The van der Waals surface area contributed by atoms with E-state index in [1.165, 1.54) is 4.57 Å². The minimum atomic E-state index is -1.09. The number of fused-ring (bicyclic) bond motifs is 1. The molecule has 0 aliphatic carbocycles. The van der Waals surface area contributed by atoms with Crippen molar-refractivity contribution in [3.05, 3.63) is 103 Å². The van der Waals surface area contributed by atoms with Crippen LogP contribution in [0.5, 0.6) is 0 Å². The second-order valence-corrected chi connectivity index (χ2v) is 12.6. The molecule has 1 aliphatic rings. The van der Waals surface area contributed by atoms with E-state index in [1.807, 2.05) is 6.07 Å². The van der Waals surface area contributed by atoms with E-state index in [1.54, 1.807) is 68.6 Å². The molecular weight excluding hydrogens is 657 g/mol. The molecule has 11 nitrogen and oxygen atoms in total. The van der Waals surface area contributed by atoms with E-state index in [2.05, 4.69) is 22.5 Å². The molecule has 2 heterocycles. The maximum Gasteiger partial charge on any atom is 0.335 e. The average molecular weight is 697 g/mol. The number of morpholine rings is 1. The number of nitrogens with zero attached hydrogens (tertiary/aromatic N) is 3. The van der Waals surface area contributed by atoms with Crippen LogP contribution in [-0.2, 0) is 27.7 Å². The second kappa shape index (κ2) is 15.8. The molecule has 48 heavy (non-hydrogen) atoms. The highest BCUT2D eigenvalue weighted by Gasteiger charge is 2.28. The van der Waals surface area contributed by atoms with Gasteiger partial charge in [-0.05, 0) is 61.4 Å². The smallest absolute Gasteiger partial charge is 0.335 e. The van der Waals surface area contributed by atoms with Crippen LogP contribution in [0.15, 0.2) is 70.3 Å². The zero-order valence-corrected chi connectivity index (χ0v) is 28.6. The van der Waals surface area contributed by atoms with Gasteiger partial charge in [0.15, 0.2) is 0 Å². The zero-order chi connectivity index (χ0) is 34.4. The first kappa shape index (κ1) is 35.2. The highest BCUT2D eigenvalue weighted by molar-refractivity contribution is 6.39.